The van der Waals surface area contributed by atoms with Crippen LogP contribution in [0.2, 0.25) is 0 Å². The Morgan fingerprint density at radius 2 is 2.10 bits per heavy atom. The molecule has 1 aliphatic heterocycles. The van der Waals surface area contributed by atoms with Gasteiger partial charge in [0.05, 0.1) is 19.8 Å². The van der Waals surface area contributed by atoms with Crippen LogP contribution in [-0.2, 0) is 14.2 Å². The maximum Gasteiger partial charge on any atom is 0.345 e. The Balaban J connectivity index is 1.82. The standard InChI is InChI=1S/C14H17BrF2O4/c1-14(9-20-13(16)17)8-18-6-12(21-14)7-19-11-4-2-10(15)3-5-11/h2-5,12-13H,6-9H2,1H3/t12?,14-/m0/s1. The van der Waals surface area contributed by atoms with Crippen LogP contribution in [-0.4, -0.2) is 44.7 Å². The van der Waals surface area contributed by atoms with Crippen LogP contribution in [0.4, 0.5) is 8.78 Å². The summed E-state index contributed by atoms with van der Waals surface area (Å²) in [4.78, 5) is 0. The van der Waals surface area contributed by atoms with E-state index < -0.39 is 12.2 Å². The predicted octanol–water partition coefficient (Wildman–Crippen LogP) is 3.24. The van der Waals surface area contributed by atoms with Crippen molar-refractivity contribution in [1.29, 1.82) is 0 Å². The summed E-state index contributed by atoms with van der Waals surface area (Å²) in [5, 5.41) is 0. The fourth-order valence-corrected chi connectivity index (χ4v) is 2.26. The van der Waals surface area contributed by atoms with Crippen LogP contribution < -0.4 is 4.74 Å². The Hall–Kier alpha value is -0.760. The molecule has 4 nitrogen and oxygen atoms in total. The molecule has 1 fully saturated rings. The van der Waals surface area contributed by atoms with Crippen molar-refractivity contribution in [3.63, 3.8) is 0 Å². The molecular weight excluding hydrogens is 350 g/mol. The van der Waals surface area contributed by atoms with Gasteiger partial charge in [-0.15, -0.1) is 0 Å². The van der Waals surface area contributed by atoms with E-state index >= 15 is 0 Å². The molecule has 1 saturated heterocycles. The van der Waals surface area contributed by atoms with Crippen LogP contribution in [0, 0.1) is 0 Å². The number of rotatable bonds is 6. The van der Waals surface area contributed by atoms with Gasteiger partial charge in [0.15, 0.2) is 0 Å². The van der Waals surface area contributed by atoms with E-state index in [1.165, 1.54) is 0 Å². The lowest BCUT2D eigenvalue weighted by atomic mass is 10.1. The lowest BCUT2D eigenvalue weighted by Crippen LogP contribution is -2.50. The maximum atomic E-state index is 12.1. The Labute approximate surface area is 130 Å². The van der Waals surface area contributed by atoms with E-state index in [4.69, 9.17) is 14.2 Å². The van der Waals surface area contributed by atoms with Crippen molar-refractivity contribution >= 4 is 15.9 Å². The van der Waals surface area contributed by atoms with E-state index in [0.717, 1.165) is 4.47 Å². The van der Waals surface area contributed by atoms with Gasteiger partial charge in [0.2, 0.25) is 0 Å². The highest BCUT2D eigenvalue weighted by atomic mass is 79.9. The van der Waals surface area contributed by atoms with Gasteiger partial charge < -0.3 is 18.9 Å². The van der Waals surface area contributed by atoms with Crippen LogP contribution in [0.1, 0.15) is 6.92 Å². The molecule has 7 heteroatoms. The molecule has 1 unspecified atom stereocenters. The van der Waals surface area contributed by atoms with E-state index in [1.54, 1.807) is 6.92 Å². The molecule has 1 aliphatic rings. The number of alkyl halides is 2. The van der Waals surface area contributed by atoms with Gasteiger partial charge in [-0.25, -0.2) is 0 Å². The molecule has 0 N–H and O–H groups in total. The second kappa shape index (κ2) is 7.49. The first-order valence-electron chi connectivity index (χ1n) is 6.50. The van der Waals surface area contributed by atoms with Gasteiger partial charge in [-0.3, -0.25) is 0 Å². The Morgan fingerprint density at radius 3 is 2.76 bits per heavy atom. The molecule has 0 spiro atoms. The Bertz CT molecular complexity index is 443. The molecule has 0 saturated carbocycles. The van der Waals surface area contributed by atoms with E-state index in [-0.39, 0.29) is 25.9 Å². The molecule has 0 aromatic heterocycles. The monoisotopic (exact) mass is 366 g/mol. The van der Waals surface area contributed by atoms with E-state index in [1.807, 2.05) is 24.3 Å². The third kappa shape index (κ3) is 5.50. The van der Waals surface area contributed by atoms with E-state index in [0.29, 0.717) is 12.4 Å². The Morgan fingerprint density at radius 1 is 1.38 bits per heavy atom. The highest BCUT2D eigenvalue weighted by Gasteiger charge is 2.35. The molecule has 0 amide bonds. The van der Waals surface area contributed by atoms with Gasteiger partial charge in [-0.05, 0) is 31.2 Å². The molecule has 118 valence electrons. The summed E-state index contributed by atoms with van der Waals surface area (Å²) < 4.78 is 46.3. The summed E-state index contributed by atoms with van der Waals surface area (Å²) >= 11 is 3.34. The van der Waals surface area contributed by atoms with Crippen LogP contribution in [0.3, 0.4) is 0 Å². The van der Waals surface area contributed by atoms with Gasteiger partial charge in [0.25, 0.3) is 0 Å². The molecular formula is C14H17BrF2O4. The number of halogens is 3. The first-order chi connectivity index (χ1) is 9.97. The van der Waals surface area contributed by atoms with Gasteiger partial charge in [-0.1, -0.05) is 15.9 Å². The summed E-state index contributed by atoms with van der Waals surface area (Å²) in [5.41, 5.74) is -0.886. The number of ether oxygens (including phenoxy) is 4. The molecule has 1 aromatic carbocycles. The zero-order valence-corrected chi connectivity index (χ0v) is 13.1. The topological polar surface area (TPSA) is 36.9 Å². The van der Waals surface area contributed by atoms with E-state index in [2.05, 4.69) is 20.7 Å². The molecule has 1 aromatic rings. The first kappa shape index (κ1) is 16.6. The van der Waals surface area contributed by atoms with Crippen molar-refractivity contribution in [2.45, 2.75) is 25.2 Å². The SMILES string of the molecule is C[C@@]1(COC(F)F)COCC(COc2ccc(Br)cc2)O1. The van der Waals surface area contributed by atoms with Gasteiger partial charge in [0.1, 0.15) is 24.1 Å². The fourth-order valence-electron chi connectivity index (χ4n) is 1.99. The van der Waals surface area contributed by atoms with Gasteiger partial charge >= 0.3 is 6.61 Å². The Kier molecular flexibility index (Phi) is 5.92. The normalized spacial score (nSPS) is 26.0. The highest BCUT2D eigenvalue weighted by molar-refractivity contribution is 9.10. The van der Waals surface area contributed by atoms with Crippen molar-refractivity contribution < 1.29 is 27.7 Å². The summed E-state index contributed by atoms with van der Waals surface area (Å²) in [6.45, 7) is -0.494. The van der Waals surface area contributed by atoms with E-state index in [9.17, 15) is 8.78 Å². The minimum Gasteiger partial charge on any atom is -0.491 e. The number of hydrogen-bond donors (Lipinski definition) is 0. The summed E-state index contributed by atoms with van der Waals surface area (Å²) in [6.07, 6.45) is -0.325. The first-order valence-corrected chi connectivity index (χ1v) is 7.30. The summed E-state index contributed by atoms with van der Waals surface area (Å²) in [7, 11) is 0. The zero-order chi connectivity index (χ0) is 15.3. The van der Waals surface area contributed by atoms with Crippen LogP contribution in [0.5, 0.6) is 5.75 Å². The molecule has 2 atom stereocenters. The largest absolute Gasteiger partial charge is 0.491 e. The minimum atomic E-state index is -2.81. The zero-order valence-electron chi connectivity index (χ0n) is 11.6. The molecule has 1 heterocycles. The van der Waals surface area contributed by atoms with Crippen molar-refractivity contribution in [2.75, 3.05) is 26.4 Å². The fraction of sp³-hybridized carbons (Fsp3) is 0.571. The van der Waals surface area contributed by atoms with Crippen molar-refractivity contribution in [3.05, 3.63) is 28.7 Å². The molecule has 21 heavy (non-hydrogen) atoms. The molecule has 0 radical (unpaired) electrons. The molecule has 0 aliphatic carbocycles. The summed E-state index contributed by atoms with van der Waals surface area (Å²) in [6, 6.07) is 7.39. The second-order valence-corrected chi connectivity index (χ2v) is 5.96. The van der Waals surface area contributed by atoms with Crippen molar-refractivity contribution in [1.82, 2.24) is 0 Å². The smallest absolute Gasteiger partial charge is 0.345 e. The van der Waals surface area contributed by atoms with Crippen LogP contribution in [0.15, 0.2) is 28.7 Å². The third-order valence-electron chi connectivity index (χ3n) is 2.93. The molecule has 2 rings (SSSR count). The predicted molar refractivity (Wildman–Crippen MR) is 75.7 cm³/mol. The van der Waals surface area contributed by atoms with Crippen molar-refractivity contribution in [2.24, 2.45) is 0 Å². The average Bonchev–Trinajstić information content (AvgIpc) is 2.45. The maximum absolute atomic E-state index is 12.1. The number of hydrogen-bond acceptors (Lipinski definition) is 4. The minimum absolute atomic E-state index is 0.217. The highest BCUT2D eigenvalue weighted by Crippen LogP contribution is 2.22. The van der Waals surface area contributed by atoms with Crippen LogP contribution >= 0.6 is 15.9 Å². The van der Waals surface area contributed by atoms with Crippen LogP contribution in [0.25, 0.3) is 0 Å². The van der Waals surface area contributed by atoms with Gasteiger partial charge in [0, 0.05) is 4.47 Å². The van der Waals surface area contributed by atoms with Gasteiger partial charge in [-0.2, -0.15) is 8.78 Å². The lowest BCUT2D eigenvalue weighted by molar-refractivity contribution is -0.242. The number of benzene rings is 1. The second-order valence-electron chi connectivity index (χ2n) is 5.04. The quantitative estimate of drug-likeness (QED) is 0.774. The summed E-state index contributed by atoms with van der Waals surface area (Å²) in [5.74, 6) is 0.706. The van der Waals surface area contributed by atoms with Crippen molar-refractivity contribution in [3.8, 4) is 5.75 Å². The average molecular weight is 367 g/mol. The molecule has 0 bridgehead atoms. The lowest BCUT2D eigenvalue weighted by Gasteiger charge is -2.38. The third-order valence-corrected chi connectivity index (χ3v) is 3.46.